The van der Waals surface area contributed by atoms with Crippen LogP contribution in [0, 0.1) is 0 Å². The molecule has 1 aromatic rings. The maximum absolute atomic E-state index is 12.3. The quantitative estimate of drug-likeness (QED) is 0.251. The van der Waals surface area contributed by atoms with Gasteiger partial charge < -0.3 is 31.9 Å². The molecule has 164 valence electrons. The van der Waals surface area contributed by atoms with Gasteiger partial charge >= 0.3 is 11.9 Å². The largest absolute Gasteiger partial charge is 0.481 e. The molecule has 11 heteroatoms. The maximum atomic E-state index is 12.3. The van der Waals surface area contributed by atoms with Gasteiger partial charge in [0.2, 0.25) is 17.7 Å². The number of hydrogen-bond donors (Lipinski definition) is 6. The van der Waals surface area contributed by atoms with Crippen molar-refractivity contribution in [2.24, 2.45) is 5.73 Å². The molecule has 0 heterocycles. The van der Waals surface area contributed by atoms with Crippen LogP contribution >= 0.6 is 0 Å². The Balaban J connectivity index is 2.60. The second-order valence-electron chi connectivity index (χ2n) is 6.75. The van der Waals surface area contributed by atoms with Crippen molar-refractivity contribution in [3.63, 3.8) is 0 Å². The lowest BCUT2D eigenvalue weighted by Crippen LogP contribution is -2.55. The number of rotatable bonds is 11. The van der Waals surface area contributed by atoms with Crippen molar-refractivity contribution < 1.29 is 34.2 Å². The Morgan fingerprint density at radius 1 is 0.867 bits per heavy atom. The van der Waals surface area contributed by atoms with Crippen molar-refractivity contribution in [3.8, 4) is 0 Å². The summed E-state index contributed by atoms with van der Waals surface area (Å²) in [4.78, 5) is 58.3. The monoisotopic (exact) mass is 422 g/mol. The fourth-order valence-electron chi connectivity index (χ4n) is 2.42. The summed E-state index contributed by atoms with van der Waals surface area (Å²) in [7, 11) is 0. The fraction of sp³-hybridized carbons (Fsp3) is 0.421. The third kappa shape index (κ3) is 8.27. The molecule has 0 spiro atoms. The van der Waals surface area contributed by atoms with Gasteiger partial charge in [0.05, 0.1) is 12.5 Å². The molecule has 0 fully saturated rings. The number of nitrogens with one attached hydrogen (secondary N) is 3. The highest BCUT2D eigenvalue weighted by Crippen LogP contribution is 2.04. The number of hydrogen-bond acceptors (Lipinski definition) is 6. The van der Waals surface area contributed by atoms with Crippen LogP contribution in [0.1, 0.15) is 25.8 Å². The molecule has 1 aromatic carbocycles. The van der Waals surface area contributed by atoms with E-state index in [2.05, 4.69) is 16.0 Å². The third-order valence-electron chi connectivity index (χ3n) is 4.13. The van der Waals surface area contributed by atoms with Crippen LogP contribution in [0.5, 0.6) is 0 Å². The van der Waals surface area contributed by atoms with Crippen molar-refractivity contribution in [1.29, 1.82) is 0 Å². The summed E-state index contributed by atoms with van der Waals surface area (Å²) < 4.78 is 0. The number of carbonyl (C=O) groups is 5. The van der Waals surface area contributed by atoms with Crippen molar-refractivity contribution in [1.82, 2.24) is 16.0 Å². The Labute approximate surface area is 173 Å². The van der Waals surface area contributed by atoms with E-state index in [9.17, 15) is 29.1 Å². The Bertz CT molecular complexity index is 784. The second-order valence-corrected chi connectivity index (χ2v) is 6.75. The summed E-state index contributed by atoms with van der Waals surface area (Å²) in [6.45, 7) is 2.69. The van der Waals surface area contributed by atoms with Crippen LogP contribution in [0.4, 0.5) is 0 Å². The molecule has 7 N–H and O–H groups in total. The number of carboxylic acids is 2. The predicted octanol–water partition coefficient (Wildman–Crippen LogP) is -1.39. The lowest BCUT2D eigenvalue weighted by Gasteiger charge is -2.21. The van der Waals surface area contributed by atoms with Gasteiger partial charge in [-0.1, -0.05) is 30.3 Å². The molecule has 30 heavy (non-hydrogen) atoms. The fourth-order valence-corrected chi connectivity index (χ4v) is 2.42. The van der Waals surface area contributed by atoms with Crippen molar-refractivity contribution >= 4 is 29.7 Å². The highest BCUT2D eigenvalue weighted by Gasteiger charge is 2.27. The van der Waals surface area contributed by atoms with E-state index in [4.69, 9.17) is 10.8 Å². The molecule has 11 nitrogen and oxygen atoms in total. The molecule has 0 radical (unpaired) electrons. The van der Waals surface area contributed by atoms with Gasteiger partial charge in [0.15, 0.2) is 0 Å². The topological polar surface area (TPSA) is 188 Å². The normalized spacial score (nSPS) is 14.5. The van der Waals surface area contributed by atoms with E-state index in [1.807, 2.05) is 0 Å². The van der Waals surface area contributed by atoms with Gasteiger partial charge in [-0.05, 0) is 19.4 Å². The molecule has 4 unspecified atom stereocenters. The average molecular weight is 422 g/mol. The minimum absolute atomic E-state index is 0.0660. The van der Waals surface area contributed by atoms with Crippen LogP contribution in [0.3, 0.4) is 0 Å². The van der Waals surface area contributed by atoms with Crippen LogP contribution in [0.2, 0.25) is 0 Å². The summed E-state index contributed by atoms with van der Waals surface area (Å²) in [5, 5.41) is 25.0. The van der Waals surface area contributed by atoms with E-state index in [1.165, 1.54) is 13.8 Å². The summed E-state index contributed by atoms with van der Waals surface area (Å²) in [5.74, 6) is -4.75. The van der Waals surface area contributed by atoms with Crippen LogP contribution in [-0.2, 0) is 30.4 Å². The standard InChI is InChI=1S/C19H26N4O7/c1-10(22-18(28)13(20)9-15(24)25)16(26)21-11(2)17(27)23-14(19(29)30)8-12-6-4-3-5-7-12/h3-7,10-11,13-14H,8-9,20H2,1-2H3,(H,21,26)(H,22,28)(H,23,27)(H,24,25)(H,29,30). The molecule has 0 bridgehead atoms. The number of aliphatic carboxylic acids is 2. The Morgan fingerprint density at radius 3 is 1.87 bits per heavy atom. The number of carbonyl (C=O) groups excluding carboxylic acids is 3. The van der Waals surface area contributed by atoms with Gasteiger partial charge in [-0.3, -0.25) is 19.2 Å². The third-order valence-corrected chi connectivity index (χ3v) is 4.13. The Hall–Kier alpha value is -3.47. The van der Waals surface area contributed by atoms with Crippen molar-refractivity contribution in [3.05, 3.63) is 35.9 Å². The summed E-state index contributed by atoms with van der Waals surface area (Å²) in [5.41, 5.74) is 6.14. The van der Waals surface area contributed by atoms with Crippen LogP contribution in [-0.4, -0.2) is 64.0 Å². The lowest BCUT2D eigenvalue weighted by atomic mass is 10.1. The lowest BCUT2D eigenvalue weighted by molar-refractivity contribution is -0.142. The SMILES string of the molecule is CC(NC(=O)C(N)CC(=O)O)C(=O)NC(C)C(=O)NC(Cc1ccccc1)C(=O)O. The minimum Gasteiger partial charge on any atom is -0.481 e. The maximum Gasteiger partial charge on any atom is 0.326 e. The minimum atomic E-state index is -1.33. The molecule has 0 aliphatic carbocycles. The molecule has 0 saturated carbocycles. The zero-order valence-corrected chi connectivity index (χ0v) is 16.6. The molecular formula is C19H26N4O7. The molecule has 0 aromatic heterocycles. The van der Waals surface area contributed by atoms with E-state index in [0.29, 0.717) is 0 Å². The number of benzene rings is 1. The number of nitrogens with two attached hydrogens (primary N) is 1. The molecule has 0 aliphatic heterocycles. The number of carboxylic acid groups (broad SMARTS) is 2. The van der Waals surface area contributed by atoms with E-state index in [0.717, 1.165) is 5.56 Å². The first-order valence-electron chi connectivity index (χ1n) is 9.16. The van der Waals surface area contributed by atoms with Gasteiger partial charge in [-0.15, -0.1) is 0 Å². The van der Waals surface area contributed by atoms with Gasteiger partial charge in [0.25, 0.3) is 0 Å². The summed E-state index contributed by atoms with van der Waals surface area (Å²) >= 11 is 0. The smallest absolute Gasteiger partial charge is 0.326 e. The molecule has 0 aliphatic rings. The van der Waals surface area contributed by atoms with E-state index >= 15 is 0 Å². The molecule has 4 atom stereocenters. The van der Waals surface area contributed by atoms with E-state index < -0.39 is 60.2 Å². The van der Waals surface area contributed by atoms with E-state index in [1.54, 1.807) is 30.3 Å². The zero-order chi connectivity index (χ0) is 22.8. The molecular weight excluding hydrogens is 396 g/mol. The predicted molar refractivity (Wildman–Crippen MR) is 105 cm³/mol. The highest BCUT2D eigenvalue weighted by atomic mass is 16.4. The molecule has 3 amide bonds. The highest BCUT2D eigenvalue weighted by molar-refractivity contribution is 5.94. The first-order valence-corrected chi connectivity index (χ1v) is 9.16. The Kier molecular flexibility index (Phi) is 9.43. The van der Waals surface area contributed by atoms with Gasteiger partial charge in [-0.2, -0.15) is 0 Å². The first kappa shape index (κ1) is 24.6. The van der Waals surface area contributed by atoms with Gasteiger partial charge in [0, 0.05) is 6.42 Å². The number of amides is 3. The van der Waals surface area contributed by atoms with Crippen molar-refractivity contribution in [2.45, 2.75) is 50.9 Å². The molecule has 1 rings (SSSR count). The van der Waals surface area contributed by atoms with Crippen LogP contribution < -0.4 is 21.7 Å². The van der Waals surface area contributed by atoms with Gasteiger partial charge in [-0.25, -0.2) is 4.79 Å². The van der Waals surface area contributed by atoms with Crippen molar-refractivity contribution in [2.75, 3.05) is 0 Å². The van der Waals surface area contributed by atoms with E-state index in [-0.39, 0.29) is 6.42 Å². The van der Waals surface area contributed by atoms with Gasteiger partial charge in [0.1, 0.15) is 18.1 Å². The van der Waals surface area contributed by atoms with Crippen LogP contribution in [0.15, 0.2) is 30.3 Å². The second kappa shape index (κ2) is 11.5. The van der Waals surface area contributed by atoms with Crippen LogP contribution in [0.25, 0.3) is 0 Å². The molecule has 0 saturated heterocycles. The average Bonchev–Trinajstić information content (AvgIpc) is 2.67. The Morgan fingerprint density at radius 2 is 1.37 bits per heavy atom. The first-order chi connectivity index (χ1) is 14.0. The zero-order valence-electron chi connectivity index (χ0n) is 16.6. The summed E-state index contributed by atoms with van der Waals surface area (Å²) in [6.07, 6.45) is -0.534. The summed E-state index contributed by atoms with van der Waals surface area (Å²) in [6, 6.07) is 4.05.